The summed E-state index contributed by atoms with van der Waals surface area (Å²) in [4.78, 5) is 19.5. The average molecular weight is 250 g/mol. The quantitative estimate of drug-likeness (QED) is 0.814. The molecule has 2 heterocycles. The SMILES string of the molecule is Cc1cc(NCC2CCC(C(N)=O)O2)nc(C)n1. The number of nitrogens with zero attached hydrogens (tertiary/aromatic N) is 2. The fourth-order valence-corrected chi connectivity index (χ4v) is 2.09. The van der Waals surface area contributed by atoms with E-state index in [1.54, 1.807) is 0 Å². The maximum absolute atomic E-state index is 11.0. The minimum Gasteiger partial charge on any atom is -0.367 e. The van der Waals surface area contributed by atoms with E-state index in [1.165, 1.54) is 0 Å². The van der Waals surface area contributed by atoms with E-state index in [4.69, 9.17) is 10.5 Å². The van der Waals surface area contributed by atoms with Crippen molar-refractivity contribution >= 4 is 11.7 Å². The Labute approximate surface area is 106 Å². The predicted molar refractivity (Wildman–Crippen MR) is 67.1 cm³/mol. The summed E-state index contributed by atoms with van der Waals surface area (Å²) in [6.07, 6.45) is 1.11. The number of hydrogen-bond acceptors (Lipinski definition) is 5. The predicted octanol–water partition coefficient (Wildman–Crippen LogP) is 0.538. The van der Waals surface area contributed by atoms with E-state index in [0.717, 1.165) is 23.8 Å². The smallest absolute Gasteiger partial charge is 0.246 e. The zero-order chi connectivity index (χ0) is 13.1. The second-order valence-corrected chi connectivity index (χ2v) is 4.55. The Hall–Kier alpha value is -1.69. The molecular weight excluding hydrogens is 232 g/mol. The molecule has 0 radical (unpaired) electrons. The van der Waals surface area contributed by atoms with Gasteiger partial charge in [-0.15, -0.1) is 0 Å². The number of amides is 1. The lowest BCUT2D eigenvalue weighted by atomic mass is 10.2. The number of primary amides is 1. The molecule has 0 aliphatic carbocycles. The molecule has 6 heteroatoms. The summed E-state index contributed by atoms with van der Waals surface area (Å²) in [5.41, 5.74) is 6.13. The molecule has 0 aromatic carbocycles. The molecule has 1 aromatic heterocycles. The summed E-state index contributed by atoms with van der Waals surface area (Å²) in [5.74, 6) is 1.14. The van der Waals surface area contributed by atoms with Crippen LogP contribution in [0.2, 0.25) is 0 Å². The Bertz CT molecular complexity index is 429. The first-order valence-corrected chi connectivity index (χ1v) is 6.05. The first-order chi connectivity index (χ1) is 8.54. The third-order valence-electron chi connectivity index (χ3n) is 2.90. The minimum absolute atomic E-state index is 0.0121. The zero-order valence-electron chi connectivity index (χ0n) is 10.6. The zero-order valence-corrected chi connectivity index (χ0v) is 10.6. The molecule has 1 aliphatic rings. The fourth-order valence-electron chi connectivity index (χ4n) is 2.09. The first-order valence-electron chi connectivity index (χ1n) is 6.05. The molecule has 2 rings (SSSR count). The van der Waals surface area contributed by atoms with Crippen LogP contribution in [0.15, 0.2) is 6.07 Å². The summed E-state index contributed by atoms with van der Waals surface area (Å²) in [7, 11) is 0. The highest BCUT2D eigenvalue weighted by Crippen LogP contribution is 2.19. The van der Waals surface area contributed by atoms with Gasteiger partial charge in [0.25, 0.3) is 0 Å². The van der Waals surface area contributed by atoms with E-state index >= 15 is 0 Å². The average Bonchev–Trinajstić information content (AvgIpc) is 2.73. The molecule has 6 nitrogen and oxygen atoms in total. The van der Waals surface area contributed by atoms with Gasteiger partial charge >= 0.3 is 0 Å². The normalized spacial score (nSPS) is 23.0. The van der Waals surface area contributed by atoms with Gasteiger partial charge < -0.3 is 15.8 Å². The molecular formula is C12H18N4O2. The molecule has 98 valence electrons. The van der Waals surface area contributed by atoms with Crippen LogP contribution in [0.1, 0.15) is 24.4 Å². The van der Waals surface area contributed by atoms with E-state index in [-0.39, 0.29) is 12.0 Å². The van der Waals surface area contributed by atoms with Gasteiger partial charge in [-0.1, -0.05) is 0 Å². The van der Waals surface area contributed by atoms with Crippen molar-refractivity contribution in [3.63, 3.8) is 0 Å². The number of anilines is 1. The molecule has 1 saturated heterocycles. The summed E-state index contributed by atoms with van der Waals surface area (Å²) in [6, 6.07) is 1.88. The highest BCUT2D eigenvalue weighted by molar-refractivity contribution is 5.79. The lowest BCUT2D eigenvalue weighted by Crippen LogP contribution is -2.30. The van der Waals surface area contributed by atoms with Gasteiger partial charge in [-0.05, 0) is 26.7 Å². The fraction of sp³-hybridized carbons (Fsp3) is 0.583. The molecule has 1 aliphatic heterocycles. The molecule has 18 heavy (non-hydrogen) atoms. The Morgan fingerprint density at radius 2 is 2.28 bits per heavy atom. The van der Waals surface area contributed by atoms with E-state index in [2.05, 4.69) is 15.3 Å². The van der Waals surface area contributed by atoms with Gasteiger partial charge in [0.1, 0.15) is 17.7 Å². The lowest BCUT2D eigenvalue weighted by Gasteiger charge is -2.13. The van der Waals surface area contributed by atoms with Crippen molar-refractivity contribution in [2.24, 2.45) is 5.73 Å². The summed E-state index contributed by atoms with van der Waals surface area (Å²) in [5, 5.41) is 3.20. The minimum atomic E-state index is -0.439. The number of aromatic nitrogens is 2. The van der Waals surface area contributed by atoms with E-state index in [0.29, 0.717) is 13.0 Å². The van der Waals surface area contributed by atoms with Crippen LogP contribution < -0.4 is 11.1 Å². The Morgan fingerprint density at radius 1 is 1.50 bits per heavy atom. The third kappa shape index (κ3) is 3.16. The number of nitrogens with one attached hydrogen (secondary N) is 1. The maximum Gasteiger partial charge on any atom is 0.246 e. The van der Waals surface area contributed by atoms with Crippen LogP contribution in [0, 0.1) is 13.8 Å². The molecule has 2 atom stereocenters. The first kappa shape index (κ1) is 12.8. The molecule has 0 bridgehead atoms. The van der Waals surface area contributed by atoms with Crippen LogP contribution >= 0.6 is 0 Å². The molecule has 1 amide bonds. The van der Waals surface area contributed by atoms with Crippen LogP contribution in [0.4, 0.5) is 5.82 Å². The standard InChI is InChI=1S/C12H18N4O2/c1-7-5-11(16-8(2)15-7)14-6-9-3-4-10(18-9)12(13)17/h5,9-10H,3-4,6H2,1-2H3,(H2,13,17)(H,14,15,16). The van der Waals surface area contributed by atoms with Crippen molar-refractivity contribution in [1.82, 2.24) is 9.97 Å². The number of rotatable bonds is 4. The van der Waals surface area contributed by atoms with Crippen molar-refractivity contribution in [3.05, 3.63) is 17.6 Å². The molecule has 2 unspecified atom stereocenters. The highest BCUT2D eigenvalue weighted by atomic mass is 16.5. The number of aryl methyl sites for hydroxylation is 2. The van der Waals surface area contributed by atoms with E-state index in [9.17, 15) is 4.79 Å². The largest absolute Gasteiger partial charge is 0.367 e. The molecule has 1 fully saturated rings. The Kier molecular flexibility index (Phi) is 3.76. The van der Waals surface area contributed by atoms with Crippen molar-refractivity contribution in [1.29, 1.82) is 0 Å². The number of ether oxygens (including phenoxy) is 1. The molecule has 0 spiro atoms. The van der Waals surface area contributed by atoms with Crippen LogP contribution in [-0.2, 0) is 9.53 Å². The summed E-state index contributed by atoms with van der Waals surface area (Å²) in [6.45, 7) is 4.40. The van der Waals surface area contributed by atoms with Crippen LogP contribution in [-0.4, -0.2) is 34.6 Å². The second kappa shape index (κ2) is 5.30. The van der Waals surface area contributed by atoms with Crippen molar-refractivity contribution in [2.75, 3.05) is 11.9 Å². The van der Waals surface area contributed by atoms with Gasteiger partial charge in [0, 0.05) is 18.3 Å². The van der Waals surface area contributed by atoms with Gasteiger partial charge in [-0.2, -0.15) is 0 Å². The Morgan fingerprint density at radius 3 is 2.89 bits per heavy atom. The Balaban J connectivity index is 1.87. The third-order valence-corrected chi connectivity index (χ3v) is 2.90. The monoisotopic (exact) mass is 250 g/mol. The number of hydrogen-bond donors (Lipinski definition) is 2. The van der Waals surface area contributed by atoms with Crippen LogP contribution in [0.25, 0.3) is 0 Å². The van der Waals surface area contributed by atoms with Crippen LogP contribution in [0.3, 0.4) is 0 Å². The van der Waals surface area contributed by atoms with Gasteiger partial charge in [0.15, 0.2) is 0 Å². The van der Waals surface area contributed by atoms with Crippen molar-refractivity contribution in [3.8, 4) is 0 Å². The van der Waals surface area contributed by atoms with E-state index in [1.807, 2.05) is 19.9 Å². The number of carbonyl (C=O) groups is 1. The van der Waals surface area contributed by atoms with Crippen molar-refractivity contribution in [2.45, 2.75) is 38.9 Å². The van der Waals surface area contributed by atoms with E-state index < -0.39 is 6.10 Å². The maximum atomic E-state index is 11.0. The number of nitrogens with two attached hydrogens (primary N) is 1. The van der Waals surface area contributed by atoms with Crippen LogP contribution in [0.5, 0.6) is 0 Å². The summed E-state index contributed by atoms with van der Waals surface area (Å²) >= 11 is 0. The molecule has 0 saturated carbocycles. The molecule has 3 N–H and O–H groups in total. The number of carbonyl (C=O) groups excluding carboxylic acids is 1. The van der Waals surface area contributed by atoms with Gasteiger partial charge in [0.05, 0.1) is 6.10 Å². The van der Waals surface area contributed by atoms with Crippen molar-refractivity contribution < 1.29 is 9.53 Å². The summed E-state index contributed by atoms with van der Waals surface area (Å²) < 4.78 is 5.52. The van der Waals surface area contributed by atoms with Gasteiger partial charge in [-0.25, -0.2) is 9.97 Å². The topological polar surface area (TPSA) is 90.1 Å². The van der Waals surface area contributed by atoms with Gasteiger partial charge in [0.2, 0.25) is 5.91 Å². The highest BCUT2D eigenvalue weighted by Gasteiger charge is 2.28. The molecule has 1 aromatic rings. The second-order valence-electron chi connectivity index (χ2n) is 4.55. The van der Waals surface area contributed by atoms with Gasteiger partial charge in [-0.3, -0.25) is 4.79 Å². The lowest BCUT2D eigenvalue weighted by molar-refractivity contribution is -0.128.